The van der Waals surface area contributed by atoms with Crippen molar-refractivity contribution in [1.82, 2.24) is 10.4 Å². The third kappa shape index (κ3) is 3.79. The molecule has 0 fully saturated rings. The number of thiazole rings is 1. The van der Waals surface area contributed by atoms with Crippen LogP contribution in [0.3, 0.4) is 0 Å². The van der Waals surface area contributed by atoms with E-state index in [1.165, 1.54) is 6.21 Å². The Morgan fingerprint density at radius 1 is 1.57 bits per heavy atom. The molecule has 8 heteroatoms. The van der Waals surface area contributed by atoms with Gasteiger partial charge in [0.15, 0.2) is 5.13 Å². The quantitative estimate of drug-likeness (QED) is 0.640. The number of hydrogen-bond donors (Lipinski definition) is 2. The van der Waals surface area contributed by atoms with E-state index in [0.29, 0.717) is 21.5 Å². The van der Waals surface area contributed by atoms with E-state index in [9.17, 15) is 4.79 Å². The summed E-state index contributed by atoms with van der Waals surface area (Å²) in [5.41, 5.74) is 9.34. The van der Waals surface area contributed by atoms with Gasteiger partial charge in [-0.2, -0.15) is 5.10 Å². The smallest absolute Gasteiger partial charge is 0.283 e. The molecular formula is C13H13BrN4O2S. The van der Waals surface area contributed by atoms with Gasteiger partial charge in [-0.3, -0.25) is 4.79 Å². The van der Waals surface area contributed by atoms with Gasteiger partial charge in [-0.15, -0.1) is 0 Å². The molecule has 0 saturated carbocycles. The molecule has 21 heavy (non-hydrogen) atoms. The van der Waals surface area contributed by atoms with Gasteiger partial charge < -0.3 is 10.5 Å². The zero-order valence-corrected chi connectivity index (χ0v) is 13.8. The molecule has 0 aliphatic carbocycles. The molecule has 1 aromatic carbocycles. The van der Waals surface area contributed by atoms with Gasteiger partial charge in [0, 0.05) is 10.0 Å². The predicted molar refractivity (Wildman–Crippen MR) is 87.0 cm³/mol. The molecule has 2 aromatic rings. The first-order valence-corrected chi connectivity index (χ1v) is 7.52. The summed E-state index contributed by atoms with van der Waals surface area (Å²) in [5.74, 6) is 0.321. The number of nitrogens with one attached hydrogen (secondary N) is 1. The molecular weight excluding hydrogens is 356 g/mol. The summed E-state index contributed by atoms with van der Waals surface area (Å²) < 4.78 is 6.11. The van der Waals surface area contributed by atoms with Crippen molar-refractivity contribution in [3.05, 3.63) is 38.8 Å². The van der Waals surface area contributed by atoms with Crippen LogP contribution in [0, 0.1) is 6.92 Å². The number of aryl methyl sites for hydroxylation is 1. The number of rotatable bonds is 4. The van der Waals surface area contributed by atoms with Crippen molar-refractivity contribution in [2.75, 3.05) is 12.8 Å². The number of amides is 1. The molecule has 0 bridgehead atoms. The van der Waals surface area contributed by atoms with E-state index < -0.39 is 0 Å². The summed E-state index contributed by atoms with van der Waals surface area (Å²) in [5, 5.41) is 4.29. The maximum atomic E-state index is 11.9. The lowest BCUT2D eigenvalue weighted by atomic mass is 10.2. The average Bonchev–Trinajstić information content (AvgIpc) is 2.78. The number of nitrogens with two attached hydrogens (primary N) is 1. The molecule has 0 spiro atoms. The Morgan fingerprint density at radius 2 is 2.33 bits per heavy atom. The Morgan fingerprint density at radius 3 is 2.95 bits per heavy atom. The van der Waals surface area contributed by atoms with E-state index in [1.54, 1.807) is 20.1 Å². The fourth-order valence-electron chi connectivity index (χ4n) is 1.65. The van der Waals surface area contributed by atoms with Crippen LogP contribution in [0.5, 0.6) is 5.75 Å². The molecule has 1 amide bonds. The molecule has 0 atom stereocenters. The number of halogens is 1. The molecule has 0 saturated heterocycles. The lowest BCUT2D eigenvalue weighted by Crippen LogP contribution is -2.17. The van der Waals surface area contributed by atoms with Crippen LogP contribution in [-0.2, 0) is 0 Å². The molecule has 6 nitrogen and oxygen atoms in total. The van der Waals surface area contributed by atoms with Gasteiger partial charge in [-0.1, -0.05) is 27.3 Å². The van der Waals surface area contributed by atoms with Gasteiger partial charge in [-0.25, -0.2) is 10.4 Å². The fraction of sp³-hybridized carbons (Fsp3) is 0.154. The molecule has 3 N–H and O–H groups in total. The molecule has 1 heterocycles. The number of ether oxygens (including phenoxy) is 1. The Bertz CT molecular complexity index is 699. The summed E-state index contributed by atoms with van der Waals surface area (Å²) in [7, 11) is 1.57. The van der Waals surface area contributed by atoms with Gasteiger partial charge in [0.25, 0.3) is 5.91 Å². The van der Waals surface area contributed by atoms with Crippen LogP contribution in [0.15, 0.2) is 27.8 Å². The van der Waals surface area contributed by atoms with Gasteiger partial charge in [-0.05, 0) is 25.1 Å². The number of benzene rings is 1. The third-order valence-electron chi connectivity index (χ3n) is 2.58. The largest absolute Gasteiger partial charge is 0.496 e. The number of nitrogen functional groups attached to an aromatic ring is 1. The molecule has 110 valence electrons. The highest BCUT2D eigenvalue weighted by Crippen LogP contribution is 2.21. The van der Waals surface area contributed by atoms with E-state index in [1.807, 2.05) is 12.1 Å². The number of carbonyl (C=O) groups excluding carboxylic acids is 1. The maximum Gasteiger partial charge on any atom is 0.283 e. The standard InChI is InChI=1S/C13H13BrN4O2S/c1-7-11(21-13(15)17-7)12(19)18-16-6-8-5-9(14)3-4-10(8)20-2/h3-6H,1-2H3,(H2,15,17)(H,18,19)/b16-6-. The number of hydrogen-bond acceptors (Lipinski definition) is 6. The van der Waals surface area contributed by atoms with Crippen molar-refractivity contribution in [2.45, 2.75) is 6.92 Å². The van der Waals surface area contributed by atoms with Crippen LogP contribution in [0.2, 0.25) is 0 Å². The van der Waals surface area contributed by atoms with Crippen LogP contribution in [-0.4, -0.2) is 24.2 Å². The average molecular weight is 369 g/mol. The summed E-state index contributed by atoms with van der Waals surface area (Å²) in [4.78, 5) is 16.4. The van der Waals surface area contributed by atoms with E-state index in [-0.39, 0.29) is 5.91 Å². The molecule has 0 unspecified atom stereocenters. The van der Waals surface area contributed by atoms with Gasteiger partial charge in [0.2, 0.25) is 0 Å². The Kier molecular flexibility index (Phi) is 4.92. The Hall–Kier alpha value is -1.93. The number of aromatic nitrogens is 1. The highest BCUT2D eigenvalue weighted by molar-refractivity contribution is 9.10. The topological polar surface area (TPSA) is 89.6 Å². The van der Waals surface area contributed by atoms with Crippen LogP contribution >= 0.6 is 27.3 Å². The number of anilines is 1. The minimum Gasteiger partial charge on any atom is -0.496 e. The zero-order chi connectivity index (χ0) is 15.4. The summed E-state index contributed by atoms with van der Waals surface area (Å²) in [6, 6.07) is 5.50. The second-order valence-corrected chi connectivity index (χ2v) is 6.00. The SMILES string of the molecule is COc1ccc(Br)cc1/C=N\NC(=O)c1sc(N)nc1C. The van der Waals surface area contributed by atoms with Crippen molar-refractivity contribution in [1.29, 1.82) is 0 Å². The number of nitrogens with zero attached hydrogens (tertiary/aromatic N) is 2. The van der Waals surface area contributed by atoms with Gasteiger partial charge in [0.1, 0.15) is 10.6 Å². The van der Waals surface area contributed by atoms with Crippen LogP contribution in [0.25, 0.3) is 0 Å². The van der Waals surface area contributed by atoms with Crippen LogP contribution in [0.1, 0.15) is 20.9 Å². The molecule has 2 rings (SSSR count). The van der Waals surface area contributed by atoms with Crippen molar-refractivity contribution in [2.24, 2.45) is 5.10 Å². The highest BCUT2D eigenvalue weighted by Gasteiger charge is 2.13. The first kappa shape index (κ1) is 15.5. The van der Waals surface area contributed by atoms with Crippen molar-refractivity contribution in [3.8, 4) is 5.75 Å². The monoisotopic (exact) mass is 368 g/mol. The molecule has 1 aromatic heterocycles. The number of hydrazone groups is 1. The number of methoxy groups -OCH3 is 1. The number of carbonyl (C=O) groups is 1. The summed E-state index contributed by atoms with van der Waals surface area (Å²) >= 11 is 4.50. The summed E-state index contributed by atoms with van der Waals surface area (Å²) in [6.45, 7) is 1.73. The van der Waals surface area contributed by atoms with E-state index in [4.69, 9.17) is 10.5 Å². The Labute approximate surface area is 134 Å². The highest BCUT2D eigenvalue weighted by atomic mass is 79.9. The van der Waals surface area contributed by atoms with E-state index in [0.717, 1.165) is 21.4 Å². The van der Waals surface area contributed by atoms with Crippen molar-refractivity contribution >= 4 is 44.5 Å². The zero-order valence-electron chi connectivity index (χ0n) is 11.4. The van der Waals surface area contributed by atoms with E-state index >= 15 is 0 Å². The van der Waals surface area contributed by atoms with Crippen LogP contribution < -0.4 is 15.9 Å². The molecule has 0 radical (unpaired) electrons. The first-order valence-electron chi connectivity index (χ1n) is 5.91. The lowest BCUT2D eigenvalue weighted by Gasteiger charge is -2.04. The van der Waals surface area contributed by atoms with Crippen molar-refractivity contribution in [3.63, 3.8) is 0 Å². The minimum atomic E-state index is -0.341. The third-order valence-corrected chi connectivity index (χ3v) is 4.06. The van der Waals surface area contributed by atoms with Gasteiger partial charge >= 0.3 is 0 Å². The molecule has 0 aliphatic heterocycles. The van der Waals surface area contributed by atoms with Gasteiger partial charge in [0.05, 0.1) is 19.0 Å². The maximum absolute atomic E-state index is 11.9. The van der Waals surface area contributed by atoms with Crippen molar-refractivity contribution < 1.29 is 9.53 Å². The lowest BCUT2D eigenvalue weighted by molar-refractivity contribution is 0.0958. The Balaban J connectivity index is 2.11. The van der Waals surface area contributed by atoms with Crippen LogP contribution in [0.4, 0.5) is 5.13 Å². The minimum absolute atomic E-state index is 0.341. The predicted octanol–water partition coefficient (Wildman–Crippen LogP) is 2.57. The summed E-state index contributed by atoms with van der Waals surface area (Å²) in [6.07, 6.45) is 1.52. The molecule has 0 aliphatic rings. The fourth-order valence-corrected chi connectivity index (χ4v) is 2.75. The second kappa shape index (κ2) is 6.68. The second-order valence-electron chi connectivity index (χ2n) is 4.05. The normalized spacial score (nSPS) is 10.8. The first-order chi connectivity index (χ1) is 10.0. The van der Waals surface area contributed by atoms with E-state index in [2.05, 4.69) is 31.4 Å².